The van der Waals surface area contributed by atoms with Crippen molar-refractivity contribution < 1.29 is 0 Å². The Bertz CT molecular complexity index is 509. The summed E-state index contributed by atoms with van der Waals surface area (Å²) in [7, 11) is 0. The Labute approximate surface area is 118 Å². The number of aryl methyl sites for hydroxylation is 1. The van der Waals surface area contributed by atoms with E-state index in [4.69, 9.17) is 11.6 Å². The maximum Gasteiger partial charge on any atom is 0.0837 e. The smallest absolute Gasteiger partial charge is 0.0837 e. The van der Waals surface area contributed by atoms with Crippen LogP contribution in [0.3, 0.4) is 0 Å². The zero-order valence-corrected chi connectivity index (χ0v) is 12.1. The summed E-state index contributed by atoms with van der Waals surface area (Å²) in [6, 6.07) is 4.06. The number of rotatable bonds is 6. The molecule has 1 unspecified atom stereocenters. The summed E-state index contributed by atoms with van der Waals surface area (Å²) in [5.41, 5.74) is 2.17. The highest BCUT2D eigenvalue weighted by Crippen LogP contribution is 2.28. The summed E-state index contributed by atoms with van der Waals surface area (Å²) in [6.07, 6.45) is 6.35. The van der Waals surface area contributed by atoms with Gasteiger partial charge in [0, 0.05) is 18.9 Å². The van der Waals surface area contributed by atoms with Gasteiger partial charge < -0.3 is 5.32 Å². The van der Waals surface area contributed by atoms with Gasteiger partial charge in [0.15, 0.2) is 0 Å². The molecule has 0 amide bonds. The second-order valence-corrected chi connectivity index (χ2v) is 4.78. The highest BCUT2D eigenvalue weighted by molar-refractivity contribution is 6.31. The number of pyridine rings is 1. The average Bonchev–Trinajstić information content (AvgIpc) is 2.79. The summed E-state index contributed by atoms with van der Waals surface area (Å²) in [5.74, 6) is 0. The van der Waals surface area contributed by atoms with Gasteiger partial charge >= 0.3 is 0 Å². The summed E-state index contributed by atoms with van der Waals surface area (Å²) in [4.78, 5) is 4.07. The second-order valence-electron chi connectivity index (χ2n) is 4.37. The molecule has 0 radical (unpaired) electrons. The molecule has 4 nitrogen and oxygen atoms in total. The van der Waals surface area contributed by atoms with Crippen LogP contribution >= 0.6 is 11.6 Å². The van der Waals surface area contributed by atoms with Crippen LogP contribution in [0.25, 0.3) is 0 Å². The molecule has 2 rings (SSSR count). The maximum absolute atomic E-state index is 6.32. The molecule has 5 heteroatoms. The molecule has 0 aliphatic rings. The molecule has 102 valence electrons. The van der Waals surface area contributed by atoms with E-state index in [1.165, 1.54) is 0 Å². The predicted octanol–water partition coefficient (Wildman–Crippen LogP) is 3.04. The van der Waals surface area contributed by atoms with Gasteiger partial charge in [-0.25, -0.2) is 0 Å². The van der Waals surface area contributed by atoms with E-state index in [0.717, 1.165) is 30.8 Å². The Morgan fingerprint density at radius 2 is 2.05 bits per heavy atom. The largest absolute Gasteiger partial charge is 0.305 e. The molecule has 0 saturated carbocycles. The first kappa shape index (κ1) is 14.0. The molecule has 0 fully saturated rings. The Morgan fingerprint density at radius 3 is 2.68 bits per heavy atom. The van der Waals surface area contributed by atoms with Gasteiger partial charge in [-0.05, 0) is 30.7 Å². The molecule has 2 aromatic rings. The fourth-order valence-corrected chi connectivity index (χ4v) is 2.43. The van der Waals surface area contributed by atoms with Crippen LogP contribution in [0.2, 0.25) is 5.02 Å². The number of nitrogens with one attached hydrogen (secondary N) is 1. The second kappa shape index (κ2) is 6.68. The molecule has 0 aliphatic heterocycles. The van der Waals surface area contributed by atoms with Crippen LogP contribution in [-0.2, 0) is 6.54 Å². The summed E-state index contributed by atoms with van der Waals surface area (Å²) in [6.45, 7) is 5.95. The van der Waals surface area contributed by atoms with Gasteiger partial charge in [-0.1, -0.05) is 25.4 Å². The Kier molecular flexibility index (Phi) is 4.93. The van der Waals surface area contributed by atoms with Crippen molar-refractivity contribution in [3.63, 3.8) is 0 Å². The number of hydrogen-bond donors (Lipinski definition) is 1. The SMILES string of the molecule is CCCn1ncc(Cl)c1C(NCC)c1ccncc1. The zero-order chi connectivity index (χ0) is 13.7. The third kappa shape index (κ3) is 3.14. The van der Waals surface area contributed by atoms with Gasteiger partial charge in [0.2, 0.25) is 0 Å². The quantitative estimate of drug-likeness (QED) is 0.883. The average molecular weight is 279 g/mol. The van der Waals surface area contributed by atoms with Gasteiger partial charge in [0.25, 0.3) is 0 Å². The van der Waals surface area contributed by atoms with Crippen molar-refractivity contribution in [1.29, 1.82) is 0 Å². The zero-order valence-electron chi connectivity index (χ0n) is 11.3. The molecule has 0 bridgehead atoms. The van der Waals surface area contributed by atoms with E-state index in [9.17, 15) is 0 Å². The molecule has 0 aliphatic carbocycles. The minimum Gasteiger partial charge on any atom is -0.305 e. The molecule has 0 aromatic carbocycles. The monoisotopic (exact) mass is 278 g/mol. The van der Waals surface area contributed by atoms with Crippen molar-refractivity contribution in [2.45, 2.75) is 32.9 Å². The Hall–Kier alpha value is -1.39. The van der Waals surface area contributed by atoms with Crippen molar-refractivity contribution in [2.24, 2.45) is 0 Å². The lowest BCUT2D eigenvalue weighted by Crippen LogP contribution is -2.25. The van der Waals surface area contributed by atoms with Crippen molar-refractivity contribution in [3.8, 4) is 0 Å². The molecule has 0 spiro atoms. The number of halogens is 1. The Morgan fingerprint density at radius 1 is 1.32 bits per heavy atom. The first-order valence-electron chi connectivity index (χ1n) is 6.62. The van der Waals surface area contributed by atoms with Crippen molar-refractivity contribution in [3.05, 3.63) is 47.0 Å². The molecule has 2 aromatic heterocycles. The van der Waals surface area contributed by atoms with E-state index in [1.54, 1.807) is 18.6 Å². The van der Waals surface area contributed by atoms with E-state index < -0.39 is 0 Å². The van der Waals surface area contributed by atoms with Crippen LogP contribution in [0.4, 0.5) is 0 Å². The summed E-state index contributed by atoms with van der Waals surface area (Å²) in [5, 5.41) is 8.54. The van der Waals surface area contributed by atoms with Crippen LogP contribution in [0, 0.1) is 0 Å². The lowest BCUT2D eigenvalue weighted by Gasteiger charge is -2.20. The molecule has 0 saturated heterocycles. The minimum absolute atomic E-state index is 0.0505. The molecule has 1 atom stereocenters. The summed E-state index contributed by atoms with van der Waals surface area (Å²) < 4.78 is 1.98. The predicted molar refractivity (Wildman–Crippen MR) is 77.3 cm³/mol. The van der Waals surface area contributed by atoms with Gasteiger partial charge in [0.05, 0.1) is 23.0 Å². The van der Waals surface area contributed by atoms with E-state index in [1.807, 2.05) is 16.8 Å². The molecule has 19 heavy (non-hydrogen) atoms. The number of nitrogens with zero attached hydrogens (tertiary/aromatic N) is 3. The van der Waals surface area contributed by atoms with Gasteiger partial charge in [-0.15, -0.1) is 0 Å². The van der Waals surface area contributed by atoms with Crippen molar-refractivity contribution in [2.75, 3.05) is 6.54 Å². The normalized spacial score (nSPS) is 12.6. The van der Waals surface area contributed by atoms with Gasteiger partial charge in [-0.3, -0.25) is 9.67 Å². The standard InChI is InChI=1S/C14H19ClN4/c1-3-9-19-14(12(15)10-18-19)13(17-4-2)11-5-7-16-8-6-11/h5-8,10,13,17H,3-4,9H2,1-2H3. The first-order valence-corrected chi connectivity index (χ1v) is 7.00. The fraction of sp³-hybridized carbons (Fsp3) is 0.429. The maximum atomic E-state index is 6.32. The van der Waals surface area contributed by atoms with Crippen LogP contribution in [-0.4, -0.2) is 21.3 Å². The number of aromatic nitrogens is 3. The van der Waals surface area contributed by atoms with Gasteiger partial charge in [-0.2, -0.15) is 5.10 Å². The highest BCUT2D eigenvalue weighted by atomic mass is 35.5. The fourth-order valence-electron chi connectivity index (χ4n) is 2.18. The third-order valence-electron chi connectivity index (χ3n) is 2.99. The van der Waals surface area contributed by atoms with Gasteiger partial charge in [0.1, 0.15) is 0 Å². The third-order valence-corrected chi connectivity index (χ3v) is 3.28. The minimum atomic E-state index is 0.0505. The van der Waals surface area contributed by atoms with Crippen LogP contribution in [0.1, 0.15) is 37.6 Å². The summed E-state index contributed by atoms with van der Waals surface area (Å²) >= 11 is 6.32. The van der Waals surface area contributed by atoms with Crippen molar-refractivity contribution in [1.82, 2.24) is 20.1 Å². The van der Waals surface area contributed by atoms with Crippen molar-refractivity contribution >= 4 is 11.6 Å². The molecular formula is C14H19ClN4. The van der Waals surface area contributed by atoms with Crippen LogP contribution < -0.4 is 5.32 Å². The highest BCUT2D eigenvalue weighted by Gasteiger charge is 2.21. The van der Waals surface area contributed by atoms with E-state index in [-0.39, 0.29) is 6.04 Å². The van der Waals surface area contributed by atoms with E-state index in [2.05, 4.69) is 29.2 Å². The first-order chi connectivity index (χ1) is 9.27. The van der Waals surface area contributed by atoms with E-state index >= 15 is 0 Å². The van der Waals surface area contributed by atoms with E-state index in [0.29, 0.717) is 5.02 Å². The lowest BCUT2D eigenvalue weighted by molar-refractivity contribution is 0.520. The number of hydrogen-bond acceptors (Lipinski definition) is 3. The van der Waals surface area contributed by atoms with Crippen LogP contribution in [0.15, 0.2) is 30.7 Å². The molecule has 1 N–H and O–H groups in total. The Balaban J connectivity index is 2.42. The topological polar surface area (TPSA) is 42.7 Å². The molecular weight excluding hydrogens is 260 g/mol. The lowest BCUT2D eigenvalue weighted by atomic mass is 10.0. The van der Waals surface area contributed by atoms with Crippen LogP contribution in [0.5, 0.6) is 0 Å². The molecule has 2 heterocycles.